The van der Waals surface area contributed by atoms with E-state index < -0.39 is 0 Å². The van der Waals surface area contributed by atoms with E-state index in [9.17, 15) is 4.79 Å². The molecule has 0 unspecified atom stereocenters. The molecule has 3 heteroatoms. The average molecular weight is 187 g/mol. The molecule has 0 bridgehead atoms. The van der Waals surface area contributed by atoms with Crippen LogP contribution in [0.4, 0.5) is 0 Å². The maximum Gasteiger partial charge on any atom is 0.235 e. The molecular formula is C11H9NO2. The van der Waals surface area contributed by atoms with Crippen molar-refractivity contribution in [1.82, 2.24) is 0 Å². The Balaban J connectivity index is 2.44. The molecule has 0 atom stereocenters. The van der Waals surface area contributed by atoms with Gasteiger partial charge in [0, 0.05) is 5.39 Å². The van der Waals surface area contributed by atoms with Crippen LogP contribution >= 0.6 is 0 Å². The van der Waals surface area contributed by atoms with Crippen LogP contribution < -0.4 is 0 Å². The van der Waals surface area contributed by atoms with Gasteiger partial charge in [0.05, 0.1) is 6.54 Å². The van der Waals surface area contributed by atoms with Crippen molar-refractivity contribution in [1.29, 1.82) is 0 Å². The summed E-state index contributed by atoms with van der Waals surface area (Å²) in [7, 11) is 0. The number of aliphatic imine (C=N–C) groups is 1. The highest BCUT2D eigenvalue weighted by molar-refractivity contribution is 5.78. The molecule has 0 saturated heterocycles. The van der Waals surface area contributed by atoms with E-state index in [0.29, 0.717) is 6.54 Å². The highest BCUT2D eigenvalue weighted by Gasteiger charge is 2.00. The monoisotopic (exact) mass is 187 g/mol. The van der Waals surface area contributed by atoms with Crippen LogP contribution in [-0.4, -0.2) is 6.08 Å². The predicted molar refractivity (Wildman–Crippen MR) is 52.8 cm³/mol. The standard InChI is InChI=1S/C11H9NO2/c1-8-4-10-5-9(6-12-7-13)2-3-11(10)14-8/h2-5H,6H2,1H3. The molecule has 0 fully saturated rings. The molecule has 14 heavy (non-hydrogen) atoms. The van der Waals surface area contributed by atoms with Crippen molar-refractivity contribution in [3.63, 3.8) is 0 Å². The van der Waals surface area contributed by atoms with Crippen molar-refractivity contribution < 1.29 is 9.21 Å². The van der Waals surface area contributed by atoms with Crippen molar-refractivity contribution in [2.75, 3.05) is 0 Å². The SMILES string of the molecule is Cc1cc2cc(CN=C=O)ccc2o1. The van der Waals surface area contributed by atoms with Crippen molar-refractivity contribution in [3.05, 3.63) is 35.6 Å². The zero-order valence-electron chi connectivity index (χ0n) is 7.78. The first kappa shape index (κ1) is 8.73. The van der Waals surface area contributed by atoms with Gasteiger partial charge in [-0.25, -0.2) is 9.79 Å². The molecule has 0 aliphatic carbocycles. The highest BCUT2D eigenvalue weighted by Crippen LogP contribution is 2.20. The number of furan rings is 1. The van der Waals surface area contributed by atoms with Crippen LogP contribution in [0.5, 0.6) is 0 Å². The number of hydrogen-bond donors (Lipinski definition) is 0. The minimum Gasteiger partial charge on any atom is -0.461 e. The average Bonchev–Trinajstić information content (AvgIpc) is 2.54. The van der Waals surface area contributed by atoms with Crippen LogP contribution in [0.1, 0.15) is 11.3 Å². The van der Waals surface area contributed by atoms with Crippen LogP contribution in [0.25, 0.3) is 11.0 Å². The summed E-state index contributed by atoms with van der Waals surface area (Å²) in [6.45, 7) is 2.28. The molecule has 0 aliphatic rings. The number of isocyanates is 1. The summed E-state index contributed by atoms with van der Waals surface area (Å²) in [6.07, 6.45) is 1.52. The van der Waals surface area contributed by atoms with Gasteiger partial charge in [0.1, 0.15) is 11.3 Å². The number of rotatable bonds is 2. The normalized spacial score (nSPS) is 10.1. The number of hydrogen-bond acceptors (Lipinski definition) is 3. The summed E-state index contributed by atoms with van der Waals surface area (Å²) in [4.78, 5) is 13.5. The van der Waals surface area contributed by atoms with E-state index >= 15 is 0 Å². The van der Waals surface area contributed by atoms with Gasteiger partial charge in [-0.2, -0.15) is 0 Å². The lowest BCUT2D eigenvalue weighted by atomic mass is 10.1. The van der Waals surface area contributed by atoms with E-state index in [1.165, 1.54) is 6.08 Å². The Hall–Kier alpha value is -1.86. The summed E-state index contributed by atoms with van der Waals surface area (Å²) in [5.74, 6) is 0.885. The highest BCUT2D eigenvalue weighted by atomic mass is 16.3. The van der Waals surface area contributed by atoms with Gasteiger partial charge in [0.25, 0.3) is 0 Å². The minimum atomic E-state index is 0.379. The van der Waals surface area contributed by atoms with Gasteiger partial charge < -0.3 is 4.42 Å². The fourth-order valence-corrected chi connectivity index (χ4v) is 1.45. The Morgan fingerprint density at radius 1 is 1.43 bits per heavy atom. The zero-order valence-corrected chi connectivity index (χ0v) is 7.78. The third-order valence-electron chi connectivity index (χ3n) is 2.03. The Bertz CT molecular complexity index is 507. The number of nitrogens with zero attached hydrogens (tertiary/aromatic N) is 1. The van der Waals surface area contributed by atoms with Gasteiger partial charge in [-0.05, 0) is 30.7 Å². The van der Waals surface area contributed by atoms with Crippen molar-refractivity contribution >= 4 is 17.0 Å². The molecule has 0 spiro atoms. The van der Waals surface area contributed by atoms with E-state index in [0.717, 1.165) is 22.3 Å². The molecule has 0 radical (unpaired) electrons. The first-order valence-corrected chi connectivity index (χ1v) is 4.32. The Morgan fingerprint density at radius 2 is 2.29 bits per heavy atom. The molecule has 70 valence electrons. The molecule has 1 heterocycles. The largest absolute Gasteiger partial charge is 0.461 e. The topological polar surface area (TPSA) is 42.6 Å². The van der Waals surface area contributed by atoms with Gasteiger partial charge in [0.2, 0.25) is 6.08 Å². The second-order valence-corrected chi connectivity index (χ2v) is 3.14. The molecule has 1 aromatic carbocycles. The molecule has 3 nitrogen and oxygen atoms in total. The lowest BCUT2D eigenvalue weighted by molar-refractivity contribution is 0.563. The van der Waals surface area contributed by atoms with E-state index in [4.69, 9.17) is 4.42 Å². The van der Waals surface area contributed by atoms with E-state index in [1.54, 1.807) is 0 Å². The molecule has 0 amide bonds. The molecule has 2 aromatic rings. The second-order valence-electron chi connectivity index (χ2n) is 3.14. The lowest BCUT2D eigenvalue weighted by Gasteiger charge is -1.93. The van der Waals surface area contributed by atoms with Crippen molar-refractivity contribution in [2.45, 2.75) is 13.5 Å². The molecule has 0 saturated carbocycles. The maximum atomic E-state index is 9.94. The number of carbonyl (C=O) groups excluding carboxylic acids is 1. The van der Waals surface area contributed by atoms with Gasteiger partial charge >= 0.3 is 0 Å². The van der Waals surface area contributed by atoms with Crippen LogP contribution in [0.3, 0.4) is 0 Å². The zero-order chi connectivity index (χ0) is 9.97. The van der Waals surface area contributed by atoms with Crippen LogP contribution in [-0.2, 0) is 11.3 Å². The van der Waals surface area contributed by atoms with Gasteiger partial charge in [-0.15, -0.1) is 0 Å². The molecular weight excluding hydrogens is 178 g/mol. The van der Waals surface area contributed by atoms with E-state index in [1.807, 2.05) is 31.2 Å². The number of benzene rings is 1. The lowest BCUT2D eigenvalue weighted by Crippen LogP contribution is -1.79. The smallest absolute Gasteiger partial charge is 0.235 e. The summed E-state index contributed by atoms with van der Waals surface area (Å²) in [5.41, 5.74) is 1.85. The van der Waals surface area contributed by atoms with Crippen molar-refractivity contribution in [3.8, 4) is 0 Å². The Morgan fingerprint density at radius 3 is 3.07 bits per heavy atom. The molecule has 0 aliphatic heterocycles. The van der Waals surface area contributed by atoms with E-state index in [2.05, 4.69) is 4.99 Å². The van der Waals surface area contributed by atoms with Crippen molar-refractivity contribution in [2.24, 2.45) is 4.99 Å². The predicted octanol–water partition coefficient (Wildman–Crippen LogP) is 2.58. The Kier molecular flexibility index (Phi) is 2.17. The quantitative estimate of drug-likeness (QED) is 0.535. The molecule has 0 N–H and O–H groups in total. The molecule has 2 rings (SSSR count). The molecule has 1 aromatic heterocycles. The fourth-order valence-electron chi connectivity index (χ4n) is 1.45. The summed E-state index contributed by atoms with van der Waals surface area (Å²) < 4.78 is 5.42. The fraction of sp³-hybridized carbons (Fsp3) is 0.182. The third kappa shape index (κ3) is 1.58. The van der Waals surface area contributed by atoms with Gasteiger partial charge in [-0.1, -0.05) is 6.07 Å². The number of aryl methyl sites for hydroxylation is 1. The summed E-state index contributed by atoms with van der Waals surface area (Å²) in [6, 6.07) is 7.71. The van der Waals surface area contributed by atoms with Crippen LogP contribution in [0.2, 0.25) is 0 Å². The minimum absolute atomic E-state index is 0.379. The second kappa shape index (κ2) is 3.48. The van der Waals surface area contributed by atoms with Gasteiger partial charge in [-0.3, -0.25) is 0 Å². The maximum absolute atomic E-state index is 9.94. The first-order valence-electron chi connectivity index (χ1n) is 4.32. The first-order chi connectivity index (χ1) is 6.79. The third-order valence-corrected chi connectivity index (χ3v) is 2.03. The summed E-state index contributed by atoms with van der Waals surface area (Å²) in [5, 5.41) is 1.04. The number of fused-ring (bicyclic) bond motifs is 1. The van der Waals surface area contributed by atoms with Crippen LogP contribution in [0, 0.1) is 6.92 Å². The Labute approximate surface area is 81.1 Å². The van der Waals surface area contributed by atoms with E-state index in [-0.39, 0.29) is 0 Å². The van der Waals surface area contributed by atoms with Gasteiger partial charge in [0.15, 0.2) is 0 Å². The summed E-state index contributed by atoms with van der Waals surface area (Å²) >= 11 is 0. The van der Waals surface area contributed by atoms with Crippen LogP contribution in [0.15, 0.2) is 33.7 Å².